The fraction of sp³-hybridized carbons (Fsp3) is 0.0909. The maximum atomic E-state index is 13.2. The van der Waals surface area contributed by atoms with E-state index in [-0.39, 0.29) is 22.0 Å². The second-order valence-corrected chi connectivity index (χ2v) is 9.59. The van der Waals surface area contributed by atoms with Crippen molar-refractivity contribution in [2.75, 3.05) is 11.9 Å². The van der Waals surface area contributed by atoms with Crippen LogP contribution >= 0.6 is 23.2 Å². The summed E-state index contributed by atoms with van der Waals surface area (Å²) in [6, 6.07) is 18.4. The third kappa shape index (κ3) is 5.86. The number of nitrogens with two attached hydrogens (primary N) is 1. The van der Waals surface area contributed by atoms with Gasteiger partial charge in [-0.15, -0.1) is 0 Å². The number of anilines is 1. The summed E-state index contributed by atoms with van der Waals surface area (Å²) in [5, 5.41) is 3.32. The van der Waals surface area contributed by atoms with Crippen LogP contribution in [0.4, 0.5) is 5.69 Å². The molecule has 3 aromatic carbocycles. The molecule has 7 nitrogen and oxygen atoms in total. The predicted octanol–water partition coefficient (Wildman–Crippen LogP) is 3.92. The van der Waals surface area contributed by atoms with E-state index in [4.69, 9.17) is 28.9 Å². The number of carbonyl (C=O) groups is 2. The van der Waals surface area contributed by atoms with Gasteiger partial charge >= 0.3 is 0 Å². The van der Waals surface area contributed by atoms with Gasteiger partial charge in [0.1, 0.15) is 0 Å². The summed E-state index contributed by atoms with van der Waals surface area (Å²) in [7, 11) is -4.01. The number of hydrogen-bond acceptors (Lipinski definition) is 4. The van der Waals surface area contributed by atoms with Crippen molar-refractivity contribution in [1.82, 2.24) is 4.31 Å². The molecule has 0 aromatic heterocycles. The smallest absolute Gasteiger partial charge is 0.248 e. The van der Waals surface area contributed by atoms with Crippen LogP contribution in [0.25, 0.3) is 0 Å². The number of nitrogens with one attached hydrogen (secondary N) is 1. The topological polar surface area (TPSA) is 110 Å². The zero-order valence-electron chi connectivity index (χ0n) is 16.7. The number of amides is 2. The Morgan fingerprint density at radius 3 is 2.19 bits per heavy atom. The monoisotopic (exact) mass is 491 g/mol. The van der Waals surface area contributed by atoms with Gasteiger partial charge in [0.15, 0.2) is 0 Å². The SMILES string of the molecule is NC(=O)c1ccc(NC(=O)CN(Cc2ccc(Cl)cc2Cl)S(=O)(=O)c2ccccc2)cc1. The summed E-state index contributed by atoms with van der Waals surface area (Å²) in [5.74, 6) is -1.16. The van der Waals surface area contributed by atoms with Gasteiger partial charge in [-0.25, -0.2) is 8.42 Å². The van der Waals surface area contributed by atoms with Crippen LogP contribution in [0.15, 0.2) is 77.7 Å². The number of nitrogens with zero attached hydrogens (tertiary/aromatic N) is 1. The number of rotatable bonds is 8. The second kappa shape index (κ2) is 10.1. The molecule has 0 atom stereocenters. The van der Waals surface area contributed by atoms with Crippen molar-refractivity contribution in [1.29, 1.82) is 0 Å². The van der Waals surface area contributed by atoms with Crippen LogP contribution in [0, 0.1) is 0 Å². The van der Waals surface area contributed by atoms with E-state index in [0.717, 1.165) is 4.31 Å². The van der Waals surface area contributed by atoms with E-state index < -0.39 is 28.4 Å². The second-order valence-electron chi connectivity index (χ2n) is 6.81. The van der Waals surface area contributed by atoms with Crippen LogP contribution in [-0.4, -0.2) is 31.1 Å². The molecule has 0 aliphatic heterocycles. The summed E-state index contributed by atoms with van der Waals surface area (Å²) in [4.78, 5) is 23.9. The highest BCUT2D eigenvalue weighted by Crippen LogP contribution is 2.25. The van der Waals surface area contributed by atoms with Gasteiger partial charge in [0.2, 0.25) is 21.8 Å². The first-order chi connectivity index (χ1) is 15.2. The van der Waals surface area contributed by atoms with E-state index in [9.17, 15) is 18.0 Å². The molecule has 10 heteroatoms. The maximum absolute atomic E-state index is 13.2. The van der Waals surface area contributed by atoms with Crippen molar-refractivity contribution >= 4 is 50.7 Å². The fourth-order valence-corrected chi connectivity index (χ4v) is 4.75. The van der Waals surface area contributed by atoms with Gasteiger partial charge in [-0.05, 0) is 54.1 Å². The number of benzene rings is 3. The van der Waals surface area contributed by atoms with E-state index in [0.29, 0.717) is 16.3 Å². The summed E-state index contributed by atoms with van der Waals surface area (Å²) in [6.07, 6.45) is 0. The van der Waals surface area contributed by atoms with Crippen LogP contribution < -0.4 is 11.1 Å². The fourth-order valence-electron chi connectivity index (χ4n) is 2.89. The normalized spacial score (nSPS) is 11.3. The van der Waals surface area contributed by atoms with E-state index in [1.165, 1.54) is 42.5 Å². The van der Waals surface area contributed by atoms with E-state index in [2.05, 4.69) is 5.32 Å². The highest BCUT2D eigenvalue weighted by Gasteiger charge is 2.27. The summed E-state index contributed by atoms with van der Waals surface area (Å²) >= 11 is 12.2. The van der Waals surface area contributed by atoms with Gasteiger partial charge in [-0.2, -0.15) is 4.31 Å². The zero-order valence-corrected chi connectivity index (χ0v) is 19.0. The molecule has 166 valence electrons. The van der Waals surface area contributed by atoms with Gasteiger partial charge in [-0.1, -0.05) is 47.5 Å². The summed E-state index contributed by atoms with van der Waals surface area (Å²) in [5.41, 5.74) is 6.38. The van der Waals surface area contributed by atoms with Crippen LogP contribution in [0.5, 0.6) is 0 Å². The first kappa shape index (κ1) is 23.7. The van der Waals surface area contributed by atoms with Crippen molar-refractivity contribution in [2.24, 2.45) is 5.73 Å². The Balaban J connectivity index is 1.86. The lowest BCUT2D eigenvalue weighted by molar-refractivity contribution is -0.116. The molecule has 3 aromatic rings. The van der Waals surface area contributed by atoms with E-state index in [1.54, 1.807) is 30.3 Å². The molecule has 0 bridgehead atoms. The van der Waals surface area contributed by atoms with Crippen LogP contribution in [0.1, 0.15) is 15.9 Å². The maximum Gasteiger partial charge on any atom is 0.248 e. The minimum Gasteiger partial charge on any atom is -0.366 e. The highest BCUT2D eigenvalue weighted by molar-refractivity contribution is 7.89. The molecule has 0 spiro atoms. The van der Waals surface area contributed by atoms with Crippen LogP contribution in [-0.2, 0) is 21.4 Å². The van der Waals surface area contributed by atoms with Crippen molar-refractivity contribution < 1.29 is 18.0 Å². The van der Waals surface area contributed by atoms with Gasteiger partial charge in [-0.3, -0.25) is 9.59 Å². The van der Waals surface area contributed by atoms with Gasteiger partial charge < -0.3 is 11.1 Å². The Kier molecular flexibility index (Phi) is 7.52. The number of hydrogen-bond donors (Lipinski definition) is 2. The van der Waals surface area contributed by atoms with Gasteiger partial charge in [0.05, 0.1) is 11.4 Å². The average molecular weight is 492 g/mol. The molecule has 0 fully saturated rings. The minimum atomic E-state index is -4.01. The predicted molar refractivity (Wildman–Crippen MR) is 124 cm³/mol. The largest absolute Gasteiger partial charge is 0.366 e. The van der Waals surface area contributed by atoms with Crippen LogP contribution in [0.2, 0.25) is 10.0 Å². The standard InChI is InChI=1S/C22H19Cl2N3O4S/c23-17-9-6-16(20(24)12-17)13-27(32(30,31)19-4-2-1-3-5-19)14-21(28)26-18-10-7-15(8-11-18)22(25)29/h1-12H,13-14H2,(H2,25,29)(H,26,28). The summed E-state index contributed by atoms with van der Waals surface area (Å²) < 4.78 is 27.5. The molecule has 3 rings (SSSR count). The van der Waals surface area contributed by atoms with Crippen molar-refractivity contribution in [3.63, 3.8) is 0 Å². The summed E-state index contributed by atoms with van der Waals surface area (Å²) in [6.45, 7) is -0.602. The van der Waals surface area contributed by atoms with Gasteiger partial charge in [0, 0.05) is 27.8 Å². The zero-order chi connectivity index (χ0) is 23.3. The molecular formula is C22H19Cl2N3O4S. The Morgan fingerprint density at radius 2 is 1.59 bits per heavy atom. The lowest BCUT2D eigenvalue weighted by atomic mass is 10.2. The first-order valence-corrected chi connectivity index (χ1v) is 11.6. The molecule has 0 aliphatic rings. The number of carbonyl (C=O) groups excluding carboxylic acids is 2. The number of halogens is 2. The Morgan fingerprint density at radius 1 is 0.938 bits per heavy atom. The van der Waals surface area contributed by atoms with Crippen molar-refractivity contribution in [3.8, 4) is 0 Å². The van der Waals surface area contributed by atoms with Crippen molar-refractivity contribution in [2.45, 2.75) is 11.4 Å². The highest BCUT2D eigenvalue weighted by atomic mass is 35.5. The molecule has 0 saturated heterocycles. The lowest BCUT2D eigenvalue weighted by Crippen LogP contribution is -2.37. The van der Waals surface area contributed by atoms with E-state index >= 15 is 0 Å². The number of primary amides is 1. The Labute approximate surface area is 195 Å². The lowest BCUT2D eigenvalue weighted by Gasteiger charge is -2.22. The number of sulfonamides is 1. The molecule has 0 saturated carbocycles. The molecule has 3 N–H and O–H groups in total. The van der Waals surface area contributed by atoms with E-state index in [1.807, 2.05) is 0 Å². The third-order valence-electron chi connectivity index (χ3n) is 4.52. The molecule has 0 heterocycles. The quantitative estimate of drug-likeness (QED) is 0.497. The Bertz CT molecular complexity index is 1230. The van der Waals surface area contributed by atoms with Gasteiger partial charge in [0.25, 0.3) is 0 Å². The molecule has 0 radical (unpaired) electrons. The molecule has 0 unspecified atom stereocenters. The third-order valence-corrected chi connectivity index (χ3v) is 6.91. The molecular weight excluding hydrogens is 473 g/mol. The van der Waals surface area contributed by atoms with Crippen molar-refractivity contribution in [3.05, 3.63) is 94.0 Å². The Hall–Kier alpha value is -2.91. The average Bonchev–Trinajstić information content (AvgIpc) is 2.76. The molecule has 2 amide bonds. The first-order valence-electron chi connectivity index (χ1n) is 9.35. The molecule has 32 heavy (non-hydrogen) atoms. The minimum absolute atomic E-state index is 0.0451. The van der Waals surface area contributed by atoms with Crippen LogP contribution in [0.3, 0.4) is 0 Å². The molecule has 0 aliphatic carbocycles.